The highest BCUT2D eigenvalue weighted by molar-refractivity contribution is 7.25. The Balaban J connectivity index is 1.14. The highest BCUT2D eigenvalue weighted by atomic mass is 32.1. The van der Waals surface area contributed by atoms with Crippen molar-refractivity contribution in [3.05, 3.63) is 182 Å². The second kappa shape index (κ2) is 12.6. The third-order valence-corrected chi connectivity index (χ3v) is 11.5. The monoisotopic (exact) mass is 698 g/mol. The van der Waals surface area contributed by atoms with Crippen molar-refractivity contribution >= 4 is 98.0 Å². The van der Waals surface area contributed by atoms with Crippen LogP contribution in [0.1, 0.15) is 11.3 Å². The molecule has 0 saturated carbocycles. The molecular formula is C48H34N4S. The summed E-state index contributed by atoms with van der Waals surface area (Å²) in [6.07, 6.45) is 5.70. The van der Waals surface area contributed by atoms with Gasteiger partial charge in [-0.2, -0.15) is 0 Å². The second-order valence-corrected chi connectivity index (χ2v) is 14.7. The Morgan fingerprint density at radius 3 is 1.68 bits per heavy atom. The van der Waals surface area contributed by atoms with E-state index in [2.05, 4.69) is 179 Å². The molecule has 0 aliphatic rings. The number of aromatic nitrogens is 2. The van der Waals surface area contributed by atoms with Gasteiger partial charge in [0.25, 0.3) is 0 Å². The van der Waals surface area contributed by atoms with Crippen LogP contribution in [0.3, 0.4) is 0 Å². The number of rotatable bonds is 6. The first-order chi connectivity index (χ1) is 26.1. The molecule has 53 heavy (non-hydrogen) atoms. The van der Waals surface area contributed by atoms with E-state index in [0.717, 1.165) is 39.8 Å². The molecule has 3 heterocycles. The molecule has 0 atom stereocenters. The first-order valence-corrected chi connectivity index (χ1v) is 18.7. The number of fused-ring (bicyclic) bond motifs is 6. The van der Waals surface area contributed by atoms with Gasteiger partial charge in [0.15, 0.2) is 0 Å². The number of hydrogen-bond acceptors (Lipinski definition) is 5. The quantitative estimate of drug-likeness (QED) is 0.173. The molecule has 0 fully saturated rings. The highest BCUT2D eigenvalue weighted by Gasteiger charge is 2.19. The molecule has 0 bridgehead atoms. The zero-order chi connectivity index (χ0) is 35.5. The number of nitrogens with zero attached hydrogens (tertiary/aromatic N) is 4. The zero-order valence-corrected chi connectivity index (χ0v) is 30.2. The Morgan fingerprint density at radius 1 is 0.434 bits per heavy atom. The summed E-state index contributed by atoms with van der Waals surface area (Å²) in [5, 5.41) is 9.78. The van der Waals surface area contributed by atoms with Crippen molar-refractivity contribution in [3.8, 4) is 0 Å². The van der Waals surface area contributed by atoms with Crippen LogP contribution in [0.25, 0.3) is 52.5 Å². The van der Waals surface area contributed by atoms with Crippen molar-refractivity contribution in [2.24, 2.45) is 0 Å². The lowest BCUT2D eigenvalue weighted by Crippen LogP contribution is -2.11. The molecule has 0 aliphatic carbocycles. The van der Waals surface area contributed by atoms with Gasteiger partial charge in [0.05, 0.1) is 23.3 Å². The Bertz CT molecular complexity index is 3010. The van der Waals surface area contributed by atoms with Crippen LogP contribution in [0.15, 0.2) is 170 Å². The van der Waals surface area contributed by atoms with Crippen LogP contribution in [-0.2, 0) is 0 Å². The Labute approximate surface area is 311 Å². The summed E-state index contributed by atoms with van der Waals surface area (Å²) in [5.74, 6) is 0. The molecule has 10 aromatic rings. The molecule has 0 amide bonds. The van der Waals surface area contributed by atoms with Crippen molar-refractivity contribution in [3.63, 3.8) is 0 Å². The number of anilines is 6. The fourth-order valence-electron chi connectivity index (χ4n) is 7.66. The molecule has 0 radical (unpaired) electrons. The smallest absolute Gasteiger partial charge is 0.0674 e. The maximum Gasteiger partial charge on any atom is 0.0674 e. The van der Waals surface area contributed by atoms with E-state index in [0.29, 0.717) is 0 Å². The van der Waals surface area contributed by atoms with Crippen LogP contribution in [0, 0.1) is 13.8 Å². The normalized spacial score (nSPS) is 11.6. The number of thiophene rings is 1. The zero-order valence-electron chi connectivity index (χ0n) is 29.4. The minimum Gasteiger partial charge on any atom is -0.309 e. The summed E-state index contributed by atoms with van der Waals surface area (Å²) in [4.78, 5) is 13.9. The summed E-state index contributed by atoms with van der Waals surface area (Å²) in [6.45, 7) is 4.23. The predicted molar refractivity (Wildman–Crippen MR) is 226 cm³/mol. The maximum absolute atomic E-state index is 4.69. The summed E-state index contributed by atoms with van der Waals surface area (Å²) in [7, 11) is 0. The Hall–Kier alpha value is -6.56. The molecule has 4 nitrogen and oxygen atoms in total. The van der Waals surface area contributed by atoms with E-state index in [1.54, 1.807) is 0 Å². The lowest BCUT2D eigenvalue weighted by atomic mass is 10.0. The molecule has 3 aromatic heterocycles. The van der Waals surface area contributed by atoms with E-state index in [4.69, 9.17) is 0 Å². The van der Waals surface area contributed by atoms with Crippen LogP contribution in [0.5, 0.6) is 0 Å². The average Bonchev–Trinajstić information content (AvgIpc) is 3.55. The molecular weight excluding hydrogens is 665 g/mol. The van der Waals surface area contributed by atoms with Gasteiger partial charge in [-0.15, -0.1) is 11.3 Å². The van der Waals surface area contributed by atoms with E-state index >= 15 is 0 Å². The fraction of sp³-hybridized carbons (Fsp3) is 0.0417. The number of benzene rings is 7. The number of hydrogen-bond donors (Lipinski definition) is 0. The molecule has 252 valence electrons. The molecule has 10 rings (SSSR count). The molecule has 0 aliphatic heterocycles. The van der Waals surface area contributed by atoms with Gasteiger partial charge < -0.3 is 9.80 Å². The predicted octanol–water partition coefficient (Wildman–Crippen LogP) is 13.9. The summed E-state index contributed by atoms with van der Waals surface area (Å²) in [5.41, 5.74) is 8.68. The Morgan fingerprint density at radius 2 is 1.00 bits per heavy atom. The summed E-state index contributed by atoms with van der Waals surface area (Å²) < 4.78 is 2.55. The number of aryl methyl sites for hydroxylation is 2. The summed E-state index contributed by atoms with van der Waals surface area (Å²) >= 11 is 1.85. The number of pyridine rings is 2. The molecule has 0 spiro atoms. The van der Waals surface area contributed by atoms with Gasteiger partial charge in [-0.3, -0.25) is 9.97 Å². The van der Waals surface area contributed by atoms with E-state index in [-0.39, 0.29) is 0 Å². The van der Waals surface area contributed by atoms with Gasteiger partial charge in [0.2, 0.25) is 0 Å². The van der Waals surface area contributed by atoms with Gasteiger partial charge in [-0.25, -0.2) is 0 Å². The van der Waals surface area contributed by atoms with Gasteiger partial charge in [0.1, 0.15) is 0 Å². The maximum atomic E-state index is 4.69. The van der Waals surface area contributed by atoms with E-state index < -0.39 is 0 Å². The third kappa shape index (κ3) is 5.45. The van der Waals surface area contributed by atoms with Gasteiger partial charge in [-0.1, -0.05) is 66.7 Å². The van der Waals surface area contributed by atoms with Crippen molar-refractivity contribution in [1.82, 2.24) is 9.97 Å². The van der Waals surface area contributed by atoms with E-state index in [9.17, 15) is 0 Å². The standard InChI is InChI=1S/C48H34N4S/c1-31-21-23-49-30-46(31)52(40-17-14-34-9-4-6-11-36(34)25-40)41-18-15-37-28-48-43(27-38(37)26-41)44-29-42(19-20-47(44)53-48)51(45-12-7-22-50-32(45)2)39-16-13-33-8-3-5-10-35(33)24-39/h3-30H,1-2H3. The first-order valence-electron chi connectivity index (χ1n) is 17.9. The summed E-state index contributed by atoms with van der Waals surface area (Å²) in [6, 6.07) is 55.1. The molecule has 0 saturated heterocycles. The van der Waals surface area contributed by atoms with Gasteiger partial charge in [0, 0.05) is 55.3 Å². The SMILES string of the molecule is Cc1ccncc1N(c1ccc2ccccc2c1)c1ccc2cc3sc4ccc(N(c5ccc6ccccc6c5)c5cccnc5C)cc4c3cc2c1. The van der Waals surface area contributed by atoms with E-state index in [1.807, 2.05) is 36.0 Å². The minimum atomic E-state index is 0.981. The van der Waals surface area contributed by atoms with Gasteiger partial charge in [-0.05, 0) is 137 Å². The molecule has 7 aromatic carbocycles. The van der Waals surface area contributed by atoms with Crippen molar-refractivity contribution in [1.29, 1.82) is 0 Å². The molecule has 5 heteroatoms. The van der Waals surface area contributed by atoms with Crippen molar-refractivity contribution < 1.29 is 0 Å². The lowest BCUT2D eigenvalue weighted by Gasteiger charge is -2.27. The van der Waals surface area contributed by atoms with E-state index in [1.165, 1.54) is 58.1 Å². The van der Waals surface area contributed by atoms with Crippen molar-refractivity contribution in [2.75, 3.05) is 9.80 Å². The minimum absolute atomic E-state index is 0.981. The third-order valence-electron chi connectivity index (χ3n) is 10.4. The fourth-order valence-corrected chi connectivity index (χ4v) is 8.78. The van der Waals surface area contributed by atoms with Crippen LogP contribution in [-0.4, -0.2) is 9.97 Å². The average molecular weight is 699 g/mol. The van der Waals surface area contributed by atoms with Crippen LogP contribution in [0.4, 0.5) is 34.1 Å². The lowest BCUT2D eigenvalue weighted by molar-refractivity contribution is 1.15. The first kappa shape index (κ1) is 31.2. The van der Waals surface area contributed by atoms with Crippen LogP contribution < -0.4 is 9.80 Å². The topological polar surface area (TPSA) is 32.3 Å². The largest absolute Gasteiger partial charge is 0.309 e. The van der Waals surface area contributed by atoms with Crippen LogP contribution >= 0.6 is 11.3 Å². The highest BCUT2D eigenvalue weighted by Crippen LogP contribution is 2.44. The Kier molecular flexibility index (Phi) is 7.41. The van der Waals surface area contributed by atoms with Gasteiger partial charge >= 0.3 is 0 Å². The second-order valence-electron chi connectivity index (χ2n) is 13.7. The molecule has 0 N–H and O–H groups in total. The van der Waals surface area contributed by atoms with Crippen LogP contribution in [0.2, 0.25) is 0 Å². The van der Waals surface area contributed by atoms with Crippen molar-refractivity contribution in [2.45, 2.75) is 13.8 Å². The molecule has 0 unspecified atom stereocenters.